The van der Waals surface area contributed by atoms with Crippen LogP contribution < -0.4 is 10.5 Å². The Kier molecular flexibility index (Phi) is 4.39. The SMILES string of the molecule is CC1CN(c2nccn(C(C)(C)C)c2=O)CC(CCl)O1. The van der Waals surface area contributed by atoms with Gasteiger partial charge in [-0.25, -0.2) is 4.98 Å². The molecule has 0 spiro atoms. The molecular formula is C14H22ClN3O2. The van der Waals surface area contributed by atoms with Crippen LogP contribution in [-0.4, -0.2) is 40.7 Å². The molecule has 1 aromatic rings. The lowest BCUT2D eigenvalue weighted by atomic mass is 10.1. The van der Waals surface area contributed by atoms with E-state index in [4.69, 9.17) is 16.3 Å². The number of aromatic nitrogens is 2. The fourth-order valence-corrected chi connectivity index (χ4v) is 2.62. The van der Waals surface area contributed by atoms with Gasteiger partial charge in [0.05, 0.1) is 18.1 Å². The van der Waals surface area contributed by atoms with E-state index >= 15 is 0 Å². The van der Waals surface area contributed by atoms with Crippen molar-refractivity contribution in [3.8, 4) is 0 Å². The standard InChI is InChI=1S/C14H22ClN3O2/c1-10-8-17(9-11(7-15)20-10)12-13(19)18(6-5-16-12)14(2,3)4/h5-6,10-11H,7-9H2,1-4H3. The van der Waals surface area contributed by atoms with E-state index in [-0.39, 0.29) is 23.3 Å². The molecule has 1 saturated heterocycles. The van der Waals surface area contributed by atoms with Crippen LogP contribution in [0.1, 0.15) is 27.7 Å². The Bertz CT molecular complexity index is 524. The number of anilines is 1. The van der Waals surface area contributed by atoms with Crippen LogP contribution in [0.3, 0.4) is 0 Å². The van der Waals surface area contributed by atoms with Gasteiger partial charge in [-0.2, -0.15) is 0 Å². The highest BCUT2D eigenvalue weighted by Crippen LogP contribution is 2.17. The molecule has 2 rings (SSSR count). The number of rotatable bonds is 2. The summed E-state index contributed by atoms with van der Waals surface area (Å²) in [5.74, 6) is 0.897. The van der Waals surface area contributed by atoms with Gasteiger partial charge in [-0.3, -0.25) is 4.79 Å². The van der Waals surface area contributed by atoms with E-state index in [1.807, 2.05) is 32.6 Å². The second-order valence-corrected chi connectivity index (χ2v) is 6.53. The fourth-order valence-electron chi connectivity index (χ4n) is 2.45. The van der Waals surface area contributed by atoms with Crippen LogP contribution in [0.2, 0.25) is 0 Å². The third kappa shape index (κ3) is 3.15. The monoisotopic (exact) mass is 299 g/mol. The fraction of sp³-hybridized carbons (Fsp3) is 0.714. The molecule has 20 heavy (non-hydrogen) atoms. The lowest BCUT2D eigenvalue weighted by Crippen LogP contribution is -2.50. The van der Waals surface area contributed by atoms with Gasteiger partial charge in [-0.1, -0.05) is 0 Å². The molecule has 5 nitrogen and oxygen atoms in total. The first kappa shape index (κ1) is 15.3. The Morgan fingerprint density at radius 3 is 2.75 bits per heavy atom. The number of alkyl halides is 1. The van der Waals surface area contributed by atoms with Crippen molar-refractivity contribution in [1.29, 1.82) is 0 Å². The normalized spacial score (nSPS) is 23.9. The molecule has 0 aromatic carbocycles. The van der Waals surface area contributed by atoms with E-state index in [0.29, 0.717) is 24.8 Å². The zero-order valence-electron chi connectivity index (χ0n) is 12.5. The molecule has 2 unspecified atom stereocenters. The van der Waals surface area contributed by atoms with E-state index in [2.05, 4.69) is 4.98 Å². The van der Waals surface area contributed by atoms with Crippen molar-refractivity contribution in [3.05, 3.63) is 22.7 Å². The van der Waals surface area contributed by atoms with Gasteiger partial charge >= 0.3 is 0 Å². The van der Waals surface area contributed by atoms with Gasteiger partial charge < -0.3 is 14.2 Å². The topological polar surface area (TPSA) is 47.4 Å². The molecule has 0 N–H and O–H groups in total. The lowest BCUT2D eigenvalue weighted by molar-refractivity contribution is -0.00369. The van der Waals surface area contributed by atoms with Crippen molar-refractivity contribution in [2.24, 2.45) is 0 Å². The largest absolute Gasteiger partial charge is 0.370 e. The minimum atomic E-state index is -0.265. The van der Waals surface area contributed by atoms with Crippen molar-refractivity contribution in [1.82, 2.24) is 9.55 Å². The van der Waals surface area contributed by atoms with Gasteiger partial charge in [0.15, 0.2) is 5.82 Å². The van der Waals surface area contributed by atoms with Gasteiger partial charge in [0.25, 0.3) is 5.56 Å². The third-order valence-corrected chi connectivity index (χ3v) is 3.69. The number of hydrogen-bond donors (Lipinski definition) is 0. The Balaban J connectivity index is 2.36. The van der Waals surface area contributed by atoms with Crippen LogP contribution in [-0.2, 0) is 10.3 Å². The molecule has 1 aliphatic heterocycles. The highest BCUT2D eigenvalue weighted by molar-refractivity contribution is 6.18. The number of hydrogen-bond acceptors (Lipinski definition) is 4. The van der Waals surface area contributed by atoms with Crippen LogP contribution in [0, 0.1) is 0 Å². The quantitative estimate of drug-likeness (QED) is 0.782. The lowest BCUT2D eigenvalue weighted by Gasteiger charge is -2.36. The van der Waals surface area contributed by atoms with Crippen molar-refractivity contribution in [2.45, 2.75) is 45.4 Å². The Labute approximate surface area is 124 Å². The van der Waals surface area contributed by atoms with Crippen LogP contribution in [0.4, 0.5) is 5.82 Å². The molecule has 0 saturated carbocycles. The molecule has 1 fully saturated rings. The van der Waals surface area contributed by atoms with Gasteiger partial charge in [0.1, 0.15) is 0 Å². The van der Waals surface area contributed by atoms with E-state index in [9.17, 15) is 4.79 Å². The molecule has 0 bridgehead atoms. The van der Waals surface area contributed by atoms with Gasteiger partial charge in [0.2, 0.25) is 0 Å². The minimum Gasteiger partial charge on any atom is -0.370 e. The average molecular weight is 300 g/mol. The summed E-state index contributed by atoms with van der Waals surface area (Å²) in [6, 6.07) is 0. The first-order chi connectivity index (χ1) is 9.32. The first-order valence-corrected chi connectivity index (χ1v) is 7.41. The van der Waals surface area contributed by atoms with Gasteiger partial charge in [-0.15, -0.1) is 11.6 Å². The Morgan fingerprint density at radius 1 is 1.45 bits per heavy atom. The minimum absolute atomic E-state index is 0.0389. The predicted molar refractivity (Wildman–Crippen MR) is 80.8 cm³/mol. The number of nitrogens with zero attached hydrogens (tertiary/aromatic N) is 3. The summed E-state index contributed by atoms with van der Waals surface area (Å²) < 4.78 is 7.43. The van der Waals surface area contributed by atoms with E-state index in [0.717, 1.165) is 0 Å². The maximum absolute atomic E-state index is 12.6. The molecule has 2 heterocycles. The summed E-state index contributed by atoms with van der Waals surface area (Å²) in [4.78, 5) is 18.9. The van der Waals surface area contributed by atoms with Crippen molar-refractivity contribution < 1.29 is 4.74 Å². The van der Waals surface area contributed by atoms with Crippen molar-refractivity contribution in [3.63, 3.8) is 0 Å². The highest BCUT2D eigenvalue weighted by Gasteiger charge is 2.28. The molecule has 0 radical (unpaired) electrons. The Hall–Kier alpha value is -1.07. The number of ether oxygens (including phenoxy) is 1. The smallest absolute Gasteiger partial charge is 0.293 e. The Morgan fingerprint density at radius 2 is 2.15 bits per heavy atom. The molecule has 2 atom stereocenters. The highest BCUT2D eigenvalue weighted by atomic mass is 35.5. The summed E-state index contributed by atoms with van der Waals surface area (Å²) in [5.41, 5.74) is -0.333. The van der Waals surface area contributed by atoms with Crippen molar-refractivity contribution >= 4 is 17.4 Å². The van der Waals surface area contributed by atoms with Crippen molar-refractivity contribution in [2.75, 3.05) is 23.9 Å². The van der Waals surface area contributed by atoms with Gasteiger partial charge in [-0.05, 0) is 27.7 Å². The van der Waals surface area contributed by atoms with E-state index in [1.54, 1.807) is 17.0 Å². The molecule has 1 aromatic heterocycles. The van der Waals surface area contributed by atoms with E-state index in [1.165, 1.54) is 0 Å². The molecular weight excluding hydrogens is 278 g/mol. The zero-order valence-corrected chi connectivity index (χ0v) is 13.2. The maximum Gasteiger partial charge on any atom is 0.293 e. The number of morpholine rings is 1. The first-order valence-electron chi connectivity index (χ1n) is 6.87. The zero-order chi connectivity index (χ0) is 14.9. The van der Waals surface area contributed by atoms with Crippen LogP contribution in [0.15, 0.2) is 17.2 Å². The molecule has 112 valence electrons. The van der Waals surface area contributed by atoms with Gasteiger partial charge in [0, 0.05) is 31.0 Å². The molecule has 0 aliphatic carbocycles. The van der Waals surface area contributed by atoms with Crippen LogP contribution in [0.25, 0.3) is 0 Å². The second kappa shape index (κ2) is 5.74. The molecule has 1 aliphatic rings. The molecule has 6 heteroatoms. The second-order valence-electron chi connectivity index (χ2n) is 6.22. The van der Waals surface area contributed by atoms with E-state index < -0.39 is 0 Å². The maximum atomic E-state index is 12.6. The third-order valence-electron chi connectivity index (χ3n) is 3.34. The average Bonchev–Trinajstić information content (AvgIpc) is 2.36. The summed E-state index contributed by atoms with van der Waals surface area (Å²) in [7, 11) is 0. The summed E-state index contributed by atoms with van der Waals surface area (Å²) in [6.07, 6.45) is 3.38. The van der Waals surface area contributed by atoms with Crippen LogP contribution >= 0.6 is 11.6 Å². The predicted octanol–water partition coefficient (Wildman–Crippen LogP) is 1.83. The summed E-state index contributed by atoms with van der Waals surface area (Å²) in [6.45, 7) is 9.25. The molecule has 0 amide bonds. The van der Waals surface area contributed by atoms with Crippen LogP contribution in [0.5, 0.6) is 0 Å². The summed E-state index contributed by atoms with van der Waals surface area (Å²) >= 11 is 5.89. The summed E-state index contributed by atoms with van der Waals surface area (Å²) in [5, 5.41) is 0. The number of halogens is 1.